The average molecular weight is 368 g/mol. The molecule has 0 saturated heterocycles. The Morgan fingerprint density at radius 3 is 2.40 bits per heavy atom. The third kappa shape index (κ3) is 8.82. The highest BCUT2D eigenvalue weighted by molar-refractivity contribution is 7.51. The highest BCUT2D eigenvalue weighted by Gasteiger charge is 2.22. The maximum atomic E-state index is 5.99. The summed E-state index contributed by atoms with van der Waals surface area (Å²) in [5.74, 6) is 1.85. The molecule has 1 aromatic carbocycles. The predicted octanol–water partition coefficient (Wildman–Crippen LogP) is 5.57. The molecular formula is C20H33O4P. The van der Waals surface area contributed by atoms with Crippen LogP contribution in [0.5, 0.6) is 5.75 Å². The topological polar surface area (TPSA) is 36.9 Å². The Balaban J connectivity index is 2.42. The van der Waals surface area contributed by atoms with Crippen LogP contribution in [0.2, 0.25) is 0 Å². The van der Waals surface area contributed by atoms with Gasteiger partial charge in [-0.15, -0.1) is 0 Å². The van der Waals surface area contributed by atoms with Crippen molar-refractivity contribution in [1.29, 1.82) is 0 Å². The molecule has 0 saturated carbocycles. The smallest absolute Gasteiger partial charge is 0.126 e. The lowest BCUT2D eigenvalue weighted by atomic mass is 9.95. The summed E-state index contributed by atoms with van der Waals surface area (Å²) in [6.07, 6.45) is 2.57. The summed E-state index contributed by atoms with van der Waals surface area (Å²) < 4.78 is 22.3. The zero-order chi connectivity index (χ0) is 18.9. The van der Waals surface area contributed by atoms with Gasteiger partial charge in [-0.2, -0.15) is 0 Å². The van der Waals surface area contributed by atoms with Crippen molar-refractivity contribution in [2.24, 2.45) is 5.92 Å². The Kier molecular flexibility index (Phi) is 9.66. The molecular weight excluding hydrogens is 335 g/mol. The summed E-state index contributed by atoms with van der Waals surface area (Å²) in [6.45, 7) is 13.2. The number of hydrogen-bond donors (Lipinski definition) is 0. The zero-order valence-corrected chi connectivity index (χ0v) is 17.4. The van der Waals surface area contributed by atoms with Crippen LogP contribution in [0.25, 0.3) is 0 Å². The SMILES string of the molecule is C=C(Oc1ccc(COC)cc1)C(C)CCC(C)(C)OCP(C)OC. The molecule has 0 amide bonds. The molecule has 142 valence electrons. The van der Waals surface area contributed by atoms with Crippen LogP contribution in [0.4, 0.5) is 0 Å². The monoisotopic (exact) mass is 368 g/mol. The van der Waals surface area contributed by atoms with Crippen LogP contribution in [-0.2, 0) is 20.6 Å². The maximum absolute atomic E-state index is 5.99. The molecule has 0 bridgehead atoms. The van der Waals surface area contributed by atoms with Crippen LogP contribution < -0.4 is 4.74 Å². The standard InChI is InChI=1S/C20H33O4P/c1-16(12-13-20(3,4)23-15-25(7)22-6)17(2)24-19-10-8-18(9-11-19)14-21-5/h8-11,16H,2,12-15H2,1,3-7H3. The minimum absolute atomic E-state index is 0.175. The fraction of sp³-hybridized carbons (Fsp3) is 0.600. The summed E-state index contributed by atoms with van der Waals surface area (Å²) in [4.78, 5) is 0. The molecule has 0 N–H and O–H groups in total. The van der Waals surface area contributed by atoms with Gasteiger partial charge in [0.15, 0.2) is 0 Å². The van der Waals surface area contributed by atoms with Gasteiger partial charge in [0.1, 0.15) is 5.75 Å². The van der Waals surface area contributed by atoms with E-state index < -0.39 is 8.15 Å². The van der Waals surface area contributed by atoms with Gasteiger partial charge in [-0.25, -0.2) is 0 Å². The van der Waals surface area contributed by atoms with Crippen LogP contribution >= 0.6 is 8.15 Å². The quantitative estimate of drug-likeness (QED) is 0.357. The predicted molar refractivity (Wildman–Crippen MR) is 105 cm³/mol. The van der Waals surface area contributed by atoms with Gasteiger partial charge in [-0.3, -0.25) is 0 Å². The first-order chi connectivity index (χ1) is 11.8. The molecule has 1 aromatic rings. The van der Waals surface area contributed by atoms with Crippen molar-refractivity contribution >= 4 is 8.15 Å². The second kappa shape index (κ2) is 10.9. The lowest BCUT2D eigenvalue weighted by Gasteiger charge is -2.28. The van der Waals surface area contributed by atoms with Gasteiger partial charge in [0.05, 0.1) is 32.5 Å². The minimum atomic E-state index is -0.494. The first-order valence-corrected chi connectivity index (χ1v) is 10.5. The number of hydrogen-bond acceptors (Lipinski definition) is 4. The van der Waals surface area contributed by atoms with Crippen LogP contribution in [0.1, 0.15) is 39.2 Å². The molecule has 0 fully saturated rings. The normalized spacial score (nSPS) is 14.2. The largest absolute Gasteiger partial charge is 0.462 e. The molecule has 0 heterocycles. The van der Waals surface area contributed by atoms with Gasteiger partial charge >= 0.3 is 0 Å². The number of allylic oxidation sites excluding steroid dienone is 1. The van der Waals surface area contributed by atoms with Crippen molar-refractivity contribution in [1.82, 2.24) is 0 Å². The molecule has 2 unspecified atom stereocenters. The van der Waals surface area contributed by atoms with Crippen LogP contribution in [0.15, 0.2) is 36.6 Å². The van der Waals surface area contributed by atoms with Gasteiger partial charge in [0.2, 0.25) is 0 Å². The molecule has 5 heteroatoms. The van der Waals surface area contributed by atoms with Crippen molar-refractivity contribution < 1.29 is 18.7 Å². The van der Waals surface area contributed by atoms with E-state index in [0.717, 1.165) is 29.9 Å². The molecule has 4 nitrogen and oxygen atoms in total. The van der Waals surface area contributed by atoms with Crippen LogP contribution in [-0.4, -0.2) is 32.8 Å². The number of ether oxygens (including phenoxy) is 3. The van der Waals surface area contributed by atoms with E-state index in [1.807, 2.05) is 24.3 Å². The third-order valence-corrected chi connectivity index (χ3v) is 5.28. The molecule has 25 heavy (non-hydrogen) atoms. The summed E-state index contributed by atoms with van der Waals surface area (Å²) in [6, 6.07) is 7.92. The molecule has 0 aliphatic heterocycles. The van der Waals surface area contributed by atoms with Crippen molar-refractivity contribution in [2.45, 2.75) is 45.8 Å². The lowest BCUT2D eigenvalue weighted by molar-refractivity contribution is -0.00281. The average Bonchev–Trinajstić information content (AvgIpc) is 2.59. The van der Waals surface area contributed by atoms with E-state index in [4.69, 9.17) is 18.7 Å². The van der Waals surface area contributed by atoms with Crippen molar-refractivity contribution in [2.75, 3.05) is 27.2 Å². The minimum Gasteiger partial charge on any atom is -0.462 e. The Labute approximate surface area is 154 Å². The molecule has 0 aromatic heterocycles. The van der Waals surface area contributed by atoms with E-state index >= 15 is 0 Å². The van der Waals surface area contributed by atoms with Gasteiger partial charge in [-0.05, 0) is 51.1 Å². The molecule has 0 radical (unpaired) electrons. The number of rotatable bonds is 12. The molecule has 0 aliphatic rings. The Morgan fingerprint density at radius 2 is 1.84 bits per heavy atom. The second-order valence-electron chi connectivity index (χ2n) is 6.93. The van der Waals surface area contributed by atoms with Crippen molar-refractivity contribution in [3.63, 3.8) is 0 Å². The first kappa shape index (κ1) is 22.1. The van der Waals surface area contributed by atoms with Crippen molar-refractivity contribution in [3.8, 4) is 5.75 Å². The van der Waals surface area contributed by atoms with E-state index in [2.05, 4.69) is 34.0 Å². The zero-order valence-electron chi connectivity index (χ0n) is 16.5. The molecule has 1 rings (SSSR count). The van der Waals surface area contributed by atoms with Crippen LogP contribution in [0.3, 0.4) is 0 Å². The highest BCUT2D eigenvalue weighted by Crippen LogP contribution is 2.34. The van der Waals surface area contributed by atoms with Gasteiger partial charge in [0.25, 0.3) is 0 Å². The highest BCUT2D eigenvalue weighted by atomic mass is 31.1. The second-order valence-corrected chi connectivity index (χ2v) is 8.81. The van der Waals surface area contributed by atoms with E-state index in [1.54, 1.807) is 14.2 Å². The van der Waals surface area contributed by atoms with Gasteiger partial charge in [-0.1, -0.05) is 25.6 Å². The van der Waals surface area contributed by atoms with Gasteiger partial charge < -0.3 is 18.7 Å². The fourth-order valence-corrected chi connectivity index (χ4v) is 2.82. The summed E-state index contributed by atoms with van der Waals surface area (Å²) in [5.41, 5.74) is 0.949. The molecule has 2 atom stereocenters. The Bertz CT molecular complexity index is 513. The fourth-order valence-electron chi connectivity index (χ4n) is 2.19. The van der Waals surface area contributed by atoms with Crippen molar-refractivity contribution in [3.05, 3.63) is 42.2 Å². The number of benzene rings is 1. The lowest BCUT2D eigenvalue weighted by Crippen LogP contribution is -2.25. The summed E-state index contributed by atoms with van der Waals surface area (Å²) in [5, 5.41) is 0. The Hall–Kier alpha value is -0.930. The van der Waals surface area contributed by atoms with Crippen LogP contribution in [0, 0.1) is 5.92 Å². The van der Waals surface area contributed by atoms with E-state index in [1.165, 1.54) is 0 Å². The third-order valence-electron chi connectivity index (χ3n) is 4.16. The summed E-state index contributed by atoms with van der Waals surface area (Å²) in [7, 11) is 2.93. The summed E-state index contributed by atoms with van der Waals surface area (Å²) >= 11 is 0. The van der Waals surface area contributed by atoms with E-state index in [9.17, 15) is 0 Å². The molecule has 0 aliphatic carbocycles. The number of methoxy groups -OCH3 is 1. The van der Waals surface area contributed by atoms with E-state index in [-0.39, 0.29) is 11.5 Å². The van der Waals surface area contributed by atoms with E-state index in [0.29, 0.717) is 13.0 Å². The maximum Gasteiger partial charge on any atom is 0.126 e. The first-order valence-electron chi connectivity index (χ1n) is 8.61. The molecule has 0 spiro atoms. The Morgan fingerprint density at radius 1 is 1.20 bits per heavy atom. The van der Waals surface area contributed by atoms with Gasteiger partial charge in [0, 0.05) is 20.1 Å².